The van der Waals surface area contributed by atoms with E-state index in [-0.39, 0.29) is 6.54 Å². The fraction of sp³-hybridized carbons (Fsp3) is 0.800. The van der Waals surface area contributed by atoms with Gasteiger partial charge in [0.2, 0.25) is 0 Å². The smallest absolute Gasteiger partial charge is 0.327 e. The lowest BCUT2D eigenvalue weighted by molar-refractivity contribution is -0.144. The Labute approximate surface area is 58.9 Å². The van der Waals surface area contributed by atoms with Crippen molar-refractivity contribution in [3.63, 3.8) is 0 Å². The van der Waals surface area contributed by atoms with Gasteiger partial charge in [-0.3, -0.25) is 9.80 Å². The number of likely N-dealkylation sites (N-methyl/N-ethyl adjacent to an activating group) is 1. The van der Waals surface area contributed by atoms with Crippen LogP contribution in [0, 0.1) is 4.91 Å². The van der Waals surface area contributed by atoms with E-state index < -0.39 is 5.97 Å². The molecular weight excluding hydrogens is 136 g/mol. The van der Waals surface area contributed by atoms with Gasteiger partial charge in [0.05, 0.1) is 11.9 Å². The first-order valence-corrected chi connectivity index (χ1v) is 2.90. The second kappa shape index (κ2) is 4.72. The molecule has 0 heterocycles. The van der Waals surface area contributed by atoms with E-state index in [1.807, 2.05) is 0 Å². The van der Waals surface area contributed by atoms with E-state index in [1.165, 1.54) is 7.05 Å². The summed E-state index contributed by atoms with van der Waals surface area (Å²) in [6.45, 7) is 1.94. The van der Waals surface area contributed by atoms with Gasteiger partial charge < -0.3 is 4.74 Å². The topological polar surface area (TPSA) is 59.0 Å². The van der Waals surface area contributed by atoms with Crippen LogP contribution in [0.15, 0.2) is 5.29 Å². The predicted molar refractivity (Wildman–Crippen MR) is 35.1 cm³/mol. The zero-order valence-corrected chi connectivity index (χ0v) is 6.03. The van der Waals surface area contributed by atoms with E-state index in [9.17, 15) is 9.70 Å². The number of ether oxygens (including phenoxy) is 1. The minimum atomic E-state index is -0.440. The fourth-order valence-electron chi connectivity index (χ4n) is 0.422. The third-order valence-corrected chi connectivity index (χ3v) is 0.803. The molecule has 0 N–H and O–H groups in total. The molecule has 0 aliphatic carbocycles. The van der Waals surface area contributed by atoms with Gasteiger partial charge in [-0.2, -0.15) is 0 Å². The zero-order chi connectivity index (χ0) is 7.98. The van der Waals surface area contributed by atoms with Crippen molar-refractivity contribution in [2.45, 2.75) is 6.92 Å². The van der Waals surface area contributed by atoms with Crippen molar-refractivity contribution < 1.29 is 9.53 Å². The predicted octanol–water partition coefficient (Wildman–Crippen LogP) is 0.163. The third kappa shape index (κ3) is 3.82. The number of nitroso groups, excluding NO2 is 1. The van der Waals surface area contributed by atoms with Gasteiger partial charge in [-0.05, 0) is 6.92 Å². The van der Waals surface area contributed by atoms with Gasteiger partial charge in [-0.15, -0.1) is 4.91 Å². The molecule has 0 unspecified atom stereocenters. The quantitative estimate of drug-likeness (QED) is 0.322. The molecule has 0 saturated carbocycles. The third-order valence-electron chi connectivity index (χ3n) is 0.803. The fourth-order valence-corrected chi connectivity index (χ4v) is 0.422. The number of hydrogen-bond donors (Lipinski definition) is 0. The van der Waals surface area contributed by atoms with Crippen LogP contribution in [0.1, 0.15) is 6.92 Å². The Kier molecular flexibility index (Phi) is 4.19. The molecule has 0 fully saturated rings. The maximum absolute atomic E-state index is 10.5. The monoisotopic (exact) mass is 146 g/mol. The molecule has 0 bridgehead atoms. The molecule has 0 aromatic heterocycles. The minimum Gasteiger partial charge on any atom is -0.465 e. The van der Waals surface area contributed by atoms with E-state index in [4.69, 9.17) is 0 Å². The largest absolute Gasteiger partial charge is 0.465 e. The molecule has 0 aliphatic heterocycles. The number of esters is 1. The lowest BCUT2D eigenvalue weighted by atomic mass is 10.6. The van der Waals surface area contributed by atoms with Crippen molar-refractivity contribution in [1.82, 2.24) is 5.01 Å². The molecule has 0 aromatic rings. The Bertz CT molecular complexity index is 126. The molecule has 0 aromatic carbocycles. The molecule has 0 atom stereocenters. The summed E-state index contributed by atoms with van der Waals surface area (Å²) < 4.78 is 4.53. The normalized spacial score (nSPS) is 8.60. The van der Waals surface area contributed by atoms with Crippen molar-refractivity contribution in [3.8, 4) is 0 Å². The van der Waals surface area contributed by atoms with E-state index >= 15 is 0 Å². The van der Waals surface area contributed by atoms with Crippen LogP contribution in [-0.4, -0.2) is 31.2 Å². The van der Waals surface area contributed by atoms with Gasteiger partial charge in [-0.25, -0.2) is 0 Å². The Morgan fingerprint density at radius 1 is 1.70 bits per heavy atom. The van der Waals surface area contributed by atoms with Gasteiger partial charge in [0.1, 0.15) is 6.54 Å². The number of nitrogens with zero attached hydrogens (tertiary/aromatic N) is 2. The van der Waals surface area contributed by atoms with Crippen LogP contribution in [0.25, 0.3) is 0 Å². The van der Waals surface area contributed by atoms with Gasteiger partial charge in [0, 0.05) is 7.05 Å². The maximum Gasteiger partial charge on any atom is 0.327 e. The average Bonchev–Trinajstić information content (AvgIpc) is 1.88. The summed E-state index contributed by atoms with van der Waals surface area (Å²) in [6, 6.07) is 0. The van der Waals surface area contributed by atoms with Gasteiger partial charge in [0.25, 0.3) is 0 Å². The molecule has 0 spiro atoms. The van der Waals surface area contributed by atoms with Crippen molar-refractivity contribution in [3.05, 3.63) is 4.91 Å². The summed E-state index contributed by atoms with van der Waals surface area (Å²) in [6.07, 6.45) is 0. The van der Waals surface area contributed by atoms with Crippen LogP contribution in [-0.2, 0) is 9.53 Å². The lowest BCUT2D eigenvalue weighted by Crippen LogP contribution is -2.22. The van der Waals surface area contributed by atoms with Crippen molar-refractivity contribution >= 4 is 5.97 Å². The number of carbonyl (C=O) groups excluding carboxylic acids is 1. The van der Waals surface area contributed by atoms with Crippen molar-refractivity contribution in [2.75, 3.05) is 20.2 Å². The first-order valence-electron chi connectivity index (χ1n) is 2.90. The van der Waals surface area contributed by atoms with E-state index in [0.29, 0.717) is 6.61 Å². The molecule has 0 saturated heterocycles. The first kappa shape index (κ1) is 8.87. The van der Waals surface area contributed by atoms with Gasteiger partial charge >= 0.3 is 5.97 Å². The van der Waals surface area contributed by atoms with Crippen LogP contribution in [0.3, 0.4) is 0 Å². The van der Waals surface area contributed by atoms with Gasteiger partial charge in [-0.1, -0.05) is 0 Å². The highest BCUT2D eigenvalue weighted by atomic mass is 16.5. The van der Waals surface area contributed by atoms with Crippen molar-refractivity contribution in [2.24, 2.45) is 5.29 Å². The van der Waals surface area contributed by atoms with E-state index in [2.05, 4.69) is 10.0 Å². The van der Waals surface area contributed by atoms with Crippen LogP contribution >= 0.6 is 0 Å². The molecule has 0 amide bonds. The molecule has 10 heavy (non-hydrogen) atoms. The summed E-state index contributed by atoms with van der Waals surface area (Å²) in [5.74, 6) is -0.440. The molecule has 0 aliphatic rings. The van der Waals surface area contributed by atoms with E-state index in [1.54, 1.807) is 6.92 Å². The SMILES string of the molecule is CCOC(=O)CN(C)N=O. The Morgan fingerprint density at radius 2 is 2.30 bits per heavy atom. The van der Waals surface area contributed by atoms with Crippen LogP contribution < -0.4 is 0 Å². The van der Waals surface area contributed by atoms with Gasteiger partial charge in [0.15, 0.2) is 0 Å². The zero-order valence-electron chi connectivity index (χ0n) is 6.03. The first-order chi connectivity index (χ1) is 4.70. The van der Waals surface area contributed by atoms with E-state index in [0.717, 1.165) is 5.01 Å². The summed E-state index contributed by atoms with van der Waals surface area (Å²) in [5.41, 5.74) is 0. The Morgan fingerprint density at radius 3 is 2.70 bits per heavy atom. The highest BCUT2D eigenvalue weighted by Crippen LogP contribution is 1.84. The van der Waals surface area contributed by atoms with Crippen LogP contribution in [0.4, 0.5) is 0 Å². The summed E-state index contributed by atoms with van der Waals surface area (Å²) in [5, 5.41) is 3.46. The summed E-state index contributed by atoms with van der Waals surface area (Å²) >= 11 is 0. The average molecular weight is 146 g/mol. The van der Waals surface area contributed by atoms with Crippen molar-refractivity contribution in [1.29, 1.82) is 0 Å². The molecule has 5 nitrogen and oxygen atoms in total. The Balaban J connectivity index is 3.46. The molecular formula is C5H10N2O3. The second-order valence-corrected chi connectivity index (χ2v) is 1.70. The Hall–Kier alpha value is -1.13. The summed E-state index contributed by atoms with van der Waals surface area (Å²) in [7, 11) is 1.41. The van der Waals surface area contributed by atoms with Crippen LogP contribution in [0.2, 0.25) is 0 Å². The highest BCUT2D eigenvalue weighted by molar-refractivity contribution is 5.71. The maximum atomic E-state index is 10.5. The molecule has 0 radical (unpaired) electrons. The second-order valence-electron chi connectivity index (χ2n) is 1.70. The van der Waals surface area contributed by atoms with Crippen LogP contribution in [0.5, 0.6) is 0 Å². The highest BCUT2D eigenvalue weighted by Gasteiger charge is 2.04. The number of rotatable bonds is 4. The molecule has 58 valence electrons. The molecule has 5 heteroatoms. The number of carbonyl (C=O) groups is 1. The molecule has 0 rings (SSSR count). The minimum absolute atomic E-state index is 0.0860. The lowest BCUT2D eigenvalue weighted by Gasteiger charge is -2.05. The summed E-state index contributed by atoms with van der Waals surface area (Å²) in [4.78, 5) is 20.3. The number of hydrogen-bond acceptors (Lipinski definition) is 4. The standard InChI is InChI=1S/C5H10N2O3/c1-3-10-5(8)4-7(2)6-9/h3-4H2,1-2H3.